The van der Waals surface area contributed by atoms with Crippen LogP contribution in [0.4, 0.5) is 0 Å². The quantitative estimate of drug-likeness (QED) is 0.730. The Kier molecular flexibility index (Phi) is 2.77. The van der Waals surface area contributed by atoms with Crippen molar-refractivity contribution in [1.29, 1.82) is 0 Å². The Morgan fingerprint density at radius 2 is 1.93 bits per heavy atom. The fourth-order valence-electron chi connectivity index (χ4n) is 2.08. The third kappa shape index (κ3) is 1.77. The van der Waals surface area contributed by atoms with Gasteiger partial charge in [0.05, 0.1) is 6.04 Å². The highest BCUT2D eigenvalue weighted by Gasteiger charge is 2.31. The molecular weight excluding hydrogens is 174 g/mol. The lowest BCUT2D eigenvalue weighted by molar-refractivity contribution is 0.134. The summed E-state index contributed by atoms with van der Waals surface area (Å²) in [6.45, 7) is 0. The van der Waals surface area contributed by atoms with Crippen molar-refractivity contribution in [2.75, 3.05) is 14.1 Å². The normalized spacial score (nSPS) is 19.4. The Morgan fingerprint density at radius 1 is 1.29 bits per heavy atom. The lowest BCUT2D eigenvalue weighted by atomic mass is 9.79. The van der Waals surface area contributed by atoms with Crippen LogP contribution in [-0.2, 0) is 0 Å². The molecule has 1 heterocycles. The maximum absolute atomic E-state index is 4.35. The lowest BCUT2D eigenvalue weighted by Gasteiger charge is -2.36. The van der Waals surface area contributed by atoms with E-state index < -0.39 is 0 Å². The first-order valence-electron chi connectivity index (χ1n) is 5.22. The second-order valence-electron chi connectivity index (χ2n) is 4.21. The average molecular weight is 191 g/mol. The van der Waals surface area contributed by atoms with Gasteiger partial charge in [0.2, 0.25) is 0 Å². The molecule has 76 valence electrons. The highest BCUT2D eigenvalue weighted by molar-refractivity contribution is 5.00. The molecule has 0 spiro atoms. The van der Waals surface area contributed by atoms with Gasteiger partial charge < -0.3 is 0 Å². The summed E-state index contributed by atoms with van der Waals surface area (Å²) < 4.78 is 0. The van der Waals surface area contributed by atoms with E-state index in [4.69, 9.17) is 0 Å². The van der Waals surface area contributed by atoms with Gasteiger partial charge >= 0.3 is 0 Å². The minimum atomic E-state index is 0.407. The zero-order chi connectivity index (χ0) is 9.97. The molecular formula is C11H17N3. The molecule has 3 nitrogen and oxygen atoms in total. The predicted molar refractivity (Wildman–Crippen MR) is 55.8 cm³/mol. The fraction of sp³-hybridized carbons (Fsp3) is 0.636. The molecule has 1 unspecified atom stereocenters. The minimum Gasteiger partial charge on any atom is -0.299 e. The molecule has 0 radical (unpaired) electrons. The van der Waals surface area contributed by atoms with E-state index in [-0.39, 0.29) is 0 Å². The first kappa shape index (κ1) is 9.59. The maximum atomic E-state index is 4.35. The molecule has 0 saturated heterocycles. The molecule has 1 atom stereocenters. The van der Waals surface area contributed by atoms with Crippen LogP contribution in [0, 0.1) is 5.92 Å². The van der Waals surface area contributed by atoms with Gasteiger partial charge in [0.25, 0.3) is 0 Å². The van der Waals surface area contributed by atoms with Crippen molar-refractivity contribution in [3.63, 3.8) is 0 Å². The molecule has 2 rings (SSSR count). The van der Waals surface area contributed by atoms with Crippen LogP contribution in [0.15, 0.2) is 18.5 Å². The molecule has 0 aliphatic heterocycles. The van der Waals surface area contributed by atoms with Crippen LogP contribution < -0.4 is 0 Å². The maximum Gasteiger partial charge on any atom is 0.145 e. The van der Waals surface area contributed by atoms with Crippen molar-refractivity contribution in [2.24, 2.45) is 5.92 Å². The van der Waals surface area contributed by atoms with E-state index in [1.807, 2.05) is 18.5 Å². The van der Waals surface area contributed by atoms with Gasteiger partial charge in [-0.25, -0.2) is 9.97 Å². The highest BCUT2D eigenvalue weighted by Crippen LogP contribution is 2.38. The summed E-state index contributed by atoms with van der Waals surface area (Å²) in [5, 5.41) is 0. The Balaban J connectivity index is 2.18. The molecule has 1 aromatic rings. The topological polar surface area (TPSA) is 29.0 Å². The molecule has 0 N–H and O–H groups in total. The first-order chi connectivity index (χ1) is 6.79. The van der Waals surface area contributed by atoms with Gasteiger partial charge in [0.1, 0.15) is 5.82 Å². The van der Waals surface area contributed by atoms with Crippen LogP contribution in [0.3, 0.4) is 0 Å². The number of hydrogen-bond donors (Lipinski definition) is 0. The summed E-state index contributed by atoms with van der Waals surface area (Å²) in [7, 11) is 4.22. The second kappa shape index (κ2) is 4.05. The van der Waals surface area contributed by atoms with Crippen molar-refractivity contribution in [1.82, 2.24) is 14.9 Å². The summed E-state index contributed by atoms with van der Waals surface area (Å²) in [6.07, 6.45) is 7.67. The summed E-state index contributed by atoms with van der Waals surface area (Å²) in [4.78, 5) is 10.9. The zero-order valence-corrected chi connectivity index (χ0v) is 8.85. The van der Waals surface area contributed by atoms with Crippen LogP contribution >= 0.6 is 0 Å². The van der Waals surface area contributed by atoms with E-state index in [9.17, 15) is 0 Å². The van der Waals surface area contributed by atoms with Gasteiger partial charge in [0.15, 0.2) is 0 Å². The Bertz CT molecular complexity index is 280. The van der Waals surface area contributed by atoms with Gasteiger partial charge in [-0.15, -0.1) is 0 Å². The SMILES string of the molecule is CN(C)C(c1ncccn1)C1CCC1. The Hall–Kier alpha value is -0.960. The molecule has 1 aliphatic rings. The Morgan fingerprint density at radius 3 is 2.36 bits per heavy atom. The third-order valence-electron chi connectivity index (χ3n) is 3.00. The highest BCUT2D eigenvalue weighted by atomic mass is 15.1. The van der Waals surface area contributed by atoms with Crippen LogP contribution in [0.25, 0.3) is 0 Å². The summed E-state index contributed by atoms with van der Waals surface area (Å²) in [5.41, 5.74) is 0. The van der Waals surface area contributed by atoms with E-state index >= 15 is 0 Å². The molecule has 1 aromatic heterocycles. The van der Waals surface area contributed by atoms with Crippen LogP contribution in [0.1, 0.15) is 31.1 Å². The number of hydrogen-bond acceptors (Lipinski definition) is 3. The van der Waals surface area contributed by atoms with Gasteiger partial charge in [0, 0.05) is 12.4 Å². The predicted octanol–water partition coefficient (Wildman–Crippen LogP) is 1.88. The monoisotopic (exact) mass is 191 g/mol. The van der Waals surface area contributed by atoms with Crippen molar-refractivity contribution in [2.45, 2.75) is 25.3 Å². The van der Waals surface area contributed by atoms with Crippen molar-refractivity contribution in [3.8, 4) is 0 Å². The van der Waals surface area contributed by atoms with Crippen LogP contribution in [-0.4, -0.2) is 29.0 Å². The second-order valence-corrected chi connectivity index (χ2v) is 4.21. The number of aromatic nitrogens is 2. The average Bonchev–Trinajstić information content (AvgIpc) is 2.12. The van der Waals surface area contributed by atoms with Gasteiger partial charge in [-0.1, -0.05) is 6.42 Å². The van der Waals surface area contributed by atoms with E-state index in [0.29, 0.717) is 6.04 Å². The molecule has 3 heteroatoms. The van der Waals surface area contributed by atoms with Crippen molar-refractivity contribution >= 4 is 0 Å². The third-order valence-corrected chi connectivity index (χ3v) is 3.00. The molecule has 0 aromatic carbocycles. The molecule has 14 heavy (non-hydrogen) atoms. The molecule has 0 bridgehead atoms. The number of nitrogens with zero attached hydrogens (tertiary/aromatic N) is 3. The van der Waals surface area contributed by atoms with E-state index in [1.54, 1.807) is 0 Å². The molecule has 1 fully saturated rings. The standard InChI is InChI=1S/C11H17N3/c1-14(2)10(9-5-3-6-9)11-12-7-4-8-13-11/h4,7-10H,3,5-6H2,1-2H3. The smallest absolute Gasteiger partial charge is 0.145 e. The van der Waals surface area contributed by atoms with E-state index in [1.165, 1.54) is 19.3 Å². The molecule has 1 saturated carbocycles. The van der Waals surface area contributed by atoms with Gasteiger partial charge in [-0.2, -0.15) is 0 Å². The fourth-order valence-corrected chi connectivity index (χ4v) is 2.08. The van der Waals surface area contributed by atoms with Crippen molar-refractivity contribution < 1.29 is 0 Å². The zero-order valence-electron chi connectivity index (χ0n) is 8.85. The molecule has 1 aliphatic carbocycles. The van der Waals surface area contributed by atoms with Crippen LogP contribution in [0.5, 0.6) is 0 Å². The molecule has 0 amide bonds. The minimum absolute atomic E-state index is 0.407. The summed E-state index contributed by atoms with van der Waals surface area (Å²) in [5.74, 6) is 1.73. The largest absolute Gasteiger partial charge is 0.299 e. The van der Waals surface area contributed by atoms with E-state index in [0.717, 1.165) is 11.7 Å². The van der Waals surface area contributed by atoms with Crippen LogP contribution in [0.2, 0.25) is 0 Å². The summed E-state index contributed by atoms with van der Waals surface area (Å²) in [6, 6.07) is 2.28. The lowest BCUT2D eigenvalue weighted by Crippen LogP contribution is -2.32. The first-order valence-corrected chi connectivity index (χ1v) is 5.22. The Labute approximate surface area is 85.2 Å². The van der Waals surface area contributed by atoms with Crippen molar-refractivity contribution in [3.05, 3.63) is 24.3 Å². The number of rotatable bonds is 3. The van der Waals surface area contributed by atoms with Gasteiger partial charge in [-0.05, 0) is 38.9 Å². The van der Waals surface area contributed by atoms with E-state index in [2.05, 4.69) is 29.0 Å². The summed E-state index contributed by atoms with van der Waals surface area (Å²) >= 11 is 0. The van der Waals surface area contributed by atoms with Gasteiger partial charge in [-0.3, -0.25) is 4.90 Å².